The molecule has 1 atom stereocenters. The van der Waals surface area contributed by atoms with Crippen LogP contribution in [0.2, 0.25) is 0 Å². The summed E-state index contributed by atoms with van der Waals surface area (Å²) in [7, 11) is -2.04. The van der Waals surface area contributed by atoms with Crippen molar-refractivity contribution in [1.29, 1.82) is 0 Å². The number of hydrogen-bond acceptors (Lipinski definition) is 7. The Kier molecular flexibility index (Phi) is 7.96. The maximum Gasteiger partial charge on any atom is 0.333 e. The molecule has 0 radical (unpaired) electrons. The van der Waals surface area contributed by atoms with Crippen LogP contribution in [0.15, 0.2) is 87.3 Å². The van der Waals surface area contributed by atoms with Crippen LogP contribution in [0.5, 0.6) is 0 Å². The zero-order valence-corrected chi connectivity index (χ0v) is 25.6. The lowest BCUT2D eigenvalue weighted by atomic mass is 10.1. The highest BCUT2D eigenvalue weighted by Gasteiger charge is 2.35. The number of anilines is 4. The summed E-state index contributed by atoms with van der Waals surface area (Å²) >= 11 is 0. The lowest BCUT2D eigenvalue weighted by Crippen LogP contribution is -2.42. The Balaban J connectivity index is 1.20. The smallest absolute Gasteiger partial charge is 0.333 e. The minimum atomic E-state index is -3.86. The van der Waals surface area contributed by atoms with Crippen molar-refractivity contribution in [2.45, 2.75) is 50.3 Å². The highest BCUT2D eigenvalue weighted by Crippen LogP contribution is 2.36. The number of sulfonamides is 1. The molecule has 1 aliphatic heterocycles. The van der Waals surface area contributed by atoms with Gasteiger partial charge in [0.2, 0.25) is 5.91 Å². The zero-order chi connectivity index (χ0) is 31.9. The number of carbonyl (C=O) groups is 1. The van der Waals surface area contributed by atoms with Gasteiger partial charge in [0.15, 0.2) is 0 Å². The minimum absolute atomic E-state index is 0.0492. The molecule has 1 aromatic heterocycles. The average molecular weight is 633 g/mol. The van der Waals surface area contributed by atoms with Gasteiger partial charge in [-0.25, -0.2) is 17.6 Å². The second-order valence-corrected chi connectivity index (χ2v) is 13.2. The molecule has 13 heteroatoms. The van der Waals surface area contributed by atoms with Crippen molar-refractivity contribution in [3.05, 3.63) is 111 Å². The summed E-state index contributed by atoms with van der Waals surface area (Å²) in [5, 5.41) is 5.90. The molecule has 234 valence electrons. The van der Waals surface area contributed by atoms with Crippen LogP contribution in [0.1, 0.15) is 30.9 Å². The standard InChI is InChI=1S/C32H33FN6O5S/c1-20(40)34-24-13-15-26(16-14-24)45(43,44)36-25-11-9-21(10-12-25)17-28-35-29-30(37(28)2)38(18-22-7-8-22)32(42)39(31(29)41)19-23-5-3-4-6-27(23)33/h3-6,9-16,22,28,35-36H,7-8,17-19H2,1-2H3,(H,34,40). The highest BCUT2D eigenvalue weighted by atomic mass is 32.2. The van der Waals surface area contributed by atoms with Gasteiger partial charge < -0.3 is 15.5 Å². The van der Waals surface area contributed by atoms with Crippen LogP contribution in [-0.4, -0.2) is 36.7 Å². The molecule has 45 heavy (non-hydrogen) atoms. The number of hydrogen-bond donors (Lipinski definition) is 3. The summed E-state index contributed by atoms with van der Waals surface area (Å²) in [4.78, 5) is 40.4. The van der Waals surface area contributed by atoms with Gasteiger partial charge in [0.1, 0.15) is 23.5 Å². The maximum absolute atomic E-state index is 14.5. The summed E-state index contributed by atoms with van der Waals surface area (Å²) in [6.45, 7) is 1.67. The topological polar surface area (TPSA) is 135 Å². The number of aromatic nitrogens is 2. The second-order valence-electron chi connectivity index (χ2n) is 11.5. The SMILES string of the molecule is CC(=O)Nc1ccc(S(=O)(=O)Nc2ccc(CC3Nc4c(n(CC5CC5)c(=O)n(Cc5ccccc5F)c4=O)N3C)cc2)cc1. The Hall–Kier alpha value is -4.91. The van der Waals surface area contributed by atoms with Gasteiger partial charge >= 0.3 is 5.69 Å². The van der Waals surface area contributed by atoms with Crippen molar-refractivity contribution >= 4 is 38.8 Å². The number of amides is 1. The predicted octanol–water partition coefficient (Wildman–Crippen LogP) is 3.80. The first-order valence-electron chi connectivity index (χ1n) is 14.6. The number of nitrogens with one attached hydrogen (secondary N) is 3. The summed E-state index contributed by atoms with van der Waals surface area (Å²) in [6, 6.07) is 18.9. The number of likely N-dealkylation sites (N-methyl/N-ethyl adjacent to an activating group) is 1. The largest absolute Gasteiger partial charge is 0.357 e. The van der Waals surface area contributed by atoms with Crippen LogP contribution in [0.4, 0.5) is 27.3 Å². The molecule has 0 saturated heterocycles. The number of nitrogens with zero attached hydrogens (tertiary/aromatic N) is 3. The summed E-state index contributed by atoms with van der Waals surface area (Å²) in [6.07, 6.45) is 2.11. The Morgan fingerprint density at radius 3 is 2.27 bits per heavy atom. The van der Waals surface area contributed by atoms with Gasteiger partial charge in [0, 0.05) is 43.9 Å². The van der Waals surface area contributed by atoms with Crippen LogP contribution in [0.3, 0.4) is 0 Å². The number of carbonyl (C=O) groups excluding carboxylic acids is 1. The minimum Gasteiger partial charge on any atom is -0.357 e. The highest BCUT2D eigenvalue weighted by molar-refractivity contribution is 7.92. The Bertz CT molecular complexity index is 1990. The van der Waals surface area contributed by atoms with Crippen LogP contribution in [0, 0.1) is 11.7 Å². The third-order valence-electron chi connectivity index (χ3n) is 8.06. The molecule has 4 aromatic rings. The average Bonchev–Trinajstić information content (AvgIpc) is 3.77. The summed E-state index contributed by atoms with van der Waals surface area (Å²) < 4.78 is 45.6. The van der Waals surface area contributed by atoms with E-state index in [2.05, 4.69) is 15.4 Å². The summed E-state index contributed by atoms with van der Waals surface area (Å²) in [5.74, 6) is 0.133. The molecular formula is C32H33FN6O5S. The van der Waals surface area contributed by atoms with Crippen LogP contribution < -0.4 is 31.5 Å². The van der Waals surface area contributed by atoms with Gasteiger partial charge in [-0.3, -0.25) is 23.4 Å². The fourth-order valence-electron chi connectivity index (χ4n) is 5.51. The van der Waals surface area contributed by atoms with Crippen LogP contribution >= 0.6 is 0 Å². The van der Waals surface area contributed by atoms with Crippen molar-refractivity contribution in [2.75, 3.05) is 27.3 Å². The Morgan fingerprint density at radius 2 is 1.62 bits per heavy atom. The molecule has 1 unspecified atom stereocenters. The number of rotatable bonds is 10. The Morgan fingerprint density at radius 1 is 0.956 bits per heavy atom. The van der Waals surface area contributed by atoms with Gasteiger partial charge in [-0.05, 0) is 66.8 Å². The maximum atomic E-state index is 14.5. The monoisotopic (exact) mass is 632 g/mol. The molecule has 11 nitrogen and oxygen atoms in total. The molecule has 1 fully saturated rings. The quantitative estimate of drug-likeness (QED) is 0.242. The number of halogens is 1. The molecule has 0 spiro atoms. The third-order valence-corrected chi connectivity index (χ3v) is 9.45. The fourth-order valence-corrected chi connectivity index (χ4v) is 6.57. The molecule has 1 aliphatic carbocycles. The first-order valence-corrected chi connectivity index (χ1v) is 16.1. The molecule has 1 saturated carbocycles. The van der Waals surface area contributed by atoms with E-state index in [1.165, 1.54) is 37.3 Å². The summed E-state index contributed by atoms with van der Waals surface area (Å²) in [5.41, 5.74) is 1.32. The molecule has 3 aromatic carbocycles. The van der Waals surface area contributed by atoms with Crippen molar-refractivity contribution in [3.8, 4) is 0 Å². The molecule has 3 N–H and O–H groups in total. The van der Waals surface area contributed by atoms with Crippen molar-refractivity contribution in [1.82, 2.24) is 9.13 Å². The van der Waals surface area contributed by atoms with Gasteiger partial charge in [0.25, 0.3) is 15.6 Å². The zero-order valence-electron chi connectivity index (χ0n) is 24.8. The van der Waals surface area contributed by atoms with E-state index >= 15 is 0 Å². The molecule has 6 rings (SSSR count). The van der Waals surface area contributed by atoms with Gasteiger partial charge in [-0.1, -0.05) is 30.3 Å². The van der Waals surface area contributed by atoms with E-state index in [4.69, 9.17) is 0 Å². The van der Waals surface area contributed by atoms with Crippen molar-refractivity contribution in [2.24, 2.45) is 5.92 Å². The lowest BCUT2D eigenvalue weighted by Gasteiger charge is -2.24. The molecular weight excluding hydrogens is 599 g/mol. The third kappa shape index (κ3) is 6.34. The number of fused-ring (bicyclic) bond motifs is 1. The normalized spacial score (nSPS) is 15.8. The van der Waals surface area contributed by atoms with E-state index in [1.807, 2.05) is 11.9 Å². The molecule has 0 bridgehead atoms. The second kappa shape index (κ2) is 11.9. The van der Waals surface area contributed by atoms with Gasteiger partial charge in [0.05, 0.1) is 11.4 Å². The van der Waals surface area contributed by atoms with Crippen LogP contribution in [0.25, 0.3) is 0 Å². The molecule has 2 aliphatic rings. The molecule has 1 amide bonds. The van der Waals surface area contributed by atoms with E-state index in [0.29, 0.717) is 41.8 Å². The fraction of sp³-hybridized carbons (Fsp3) is 0.281. The Labute approximate surface area is 259 Å². The van der Waals surface area contributed by atoms with Crippen molar-refractivity contribution < 1.29 is 17.6 Å². The van der Waals surface area contributed by atoms with Gasteiger partial charge in [-0.15, -0.1) is 0 Å². The van der Waals surface area contributed by atoms with E-state index < -0.39 is 27.1 Å². The van der Waals surface area contributed by atoms with Crippen molar-refractivity contribution in [3.63, 3.8) is 0 Å². The molecule has 2 heterocycles. The van der Waals surface area contributed by atoms with E-state index in [1.54, 1.807) is 47.0 Å². The number of benzene rings is 3. The first kappa shape index (κ1) is 30.1. The van der Waals surface area contributed by atoms with E-state index in [-0.39, 0.29) is 29.1 Å². The van der Waals surface area contributed by atoms with E-state index in [0.717, 1.165) is 23.0 Å². The predicted molar refractivity (Wildman–Crippen MR) is 171 cm³/mol. The first-order chi connectivity index (χ1) is 21.5. The van der Waals surface area contributed by atoms with E-state index in [9.17, 15) is 27.2 Å². The van der Waals surface area contributed by atoms with Gasteiger partial charge in [-0.2, -0.15) is 0 Å². The van der Waals surface area contributed by atoms with Crippen LogP contribution in [-0.2, 0) is 34.3 Å². The lowest BCUT2D eigenvalue weighted by molar-refractivity contribution is -0.114.